The molecule has 138 valence electrons. The molecule has 5 nitrogen and oxygen atoms in total. The molecule has 1 aromatic rings. The van der Waals surface area contributed by atoms with Crippen molar-refractivity contribution in [3.63, 3.8) is 0 Å². The van der Waals surface area contributed by atoms with Crippen LogP contribution in [0.2, 0.25) is 0 Å². The number of nitrogens with one attached hydrogen (secondary N) is 2. The topological polar surface area (TPSA) is 69.0 Å². The molecule has 0 bridgehead atoms. The van der Waals surface area contributed by atoms with Gasteiger partial charge in [-0.15, -0.1) is 0 Å². The van der Waals surface area contributed by atoms with E-state index in [1.54, 1.807) is 18.2 Å². The van der Waals surface area contributed by atoms with E-state index in [4.69, 9.17) is 12.2 Å². The smallest absolute Gasteiger partial charge is 0.507 e. The maximum atomic E-state index is 9.57. The van der Waals surface area contributed by atoms with Crippen LogP contribution in [0.15, 0.2) is 34.5 Å². The van der Waals surface area contributed by atoms with Gasteiger partial charge in [0.25, 0.3) is 0 Å². The van der Waals surface area contributed by atoms with Gasteiger partial charge in [0.15, 0.2) is 0 Å². The van der Waals surface area contributed by atoms with E-state index < -0.39 is 0 Å². The predicted octanol–water partition coefficient (Wildman–Crippen LogP) is 2.99. The van der Waals surface area contributed by atoms with Crippen molar-refractivity contribution in [3.05, 3.63) is 93.5 Å². The number of phenolic OH excluding ortho intramolecular Hbond substituents is 1. The zero-order chi connectivity index (χ0) is 18.6. The second-order valence-corrected chi connectivity index (χ2v) is 5.61. The Bertz CT molecular complexity index is 619. The molecule has 0 spiro atoms. The van der Waals surface area contributed by atoms with Gasteiger partial charge in [0.05, 0.1) is 6.21 Å². The first-order valence-electron chi connectivity index (χ1n) is 7.97. The third-order valence-corrected chi connectivity index (χ3v) is 3.45. The molecule has 0 atom stereocenters. The van der Waals surface area contributed by atoms with Crippen molar-refractivity contribution in [2.24, 2.45) is 10.2 Å². The predicted molar refractivity (Wildman–Crippen MR) is 110 cm³/mol. The maximum absolute atomic E-state index is 9.57. The first-order chi connectivity index (χ1) is 12.7. The van der Waals surface area contributed by atoms with E-state index in [0.29, 0.717) is 5.56 Å². The van der Waals surface area contributed by atoms with Gasteiger partial charge in [-0.25, -0.2) is 0 Å². The molecule has 1 aromatic carbocycles. The molecule has 3 rings (SSSR count). The summed E-state index contributed by atoms with van der Waals surface area (Å²) in [5.74, 6) is 1.19. The molecule has 3 N–H and O–H groups in total. The second kappa shape index (κ2) is 13.7. The molecule has 0 saturated heterocycles. The number of phenols is 1. The van der Waals surface area contributed by atoms with Crippen molar-refractivity contribution in [3.8, 4) is 5.75 Å². The number of para-hydroxylation sites is 1. The normalized spacial score (nSPS) is 17.1. The van der Waals surface area contributed by atoms with E-state index >= 15 is 0 Å². The van der Waals surface area contributed by atoms with Crippen LogP contribution < -0.4 is 10.9 Å². The Balaban J connectivity index is 0.000000526. The van der Waals surface area contributed by atoms with Crippen LogP contribution in [0.1, 0.15) is 12.5 Å². The number of benzene rings is 1. The summed E-state index contributed by atoms with van der Waals surface area (Å²) in [6.45, 7) is 1.89. The summed E-state index contributed by atoms with van der Waals surface area (Å²) < 4.78 is 0. The number of thiocarbonyl (C=S) groups is 1. The second-order valence-electron chi connectivity index (χ2n) is 5.20. The fourth-order valence-electron chi connectivity index (χ4n) is 1.92. The third-order valence-electron chi connectivity index (χ3n) is 3.27. The van der Waals surface area contributed by atoms with Crippen molar-refractivity contribution in [1.82, 2.24) is 10.9 Å². The Labute approximate surface area is 178 Å². The number of nitrogens with zero attached hydrogens (tertiary/aromatic N) is 2. The Morgan fingerprint density at radius 3 is 2.15 bits per heavy atom. The van der Waals surface area contributed by atoms with Crippen molar-refractivity contribution in [2.75, 3.05) is 0 Å². The van der Waals surface area contributed by atoms with Crippen molar-refractivity contribution < 1.29 is 22.2 Å². The van der Waals surface area contributed by atoms with E-state index in [9.17, 15) is 5.11 Å². The summed E-state index contributed by atoms with van der Waals surface area (Å²) in [5, 5.41) is 17.9. The van der Waals surface area contributed by atoms with Crippen LogP contribution in [-0.4, -0.2) is 22.1 Å². The molecule has 0 amide bonds. The van der Waals surface area contributed by atoms with E-state index in [1.165, 1.54) is 6.21 Å². The van der Waals surface area contributed by atoms with E-state index in [2.05, 4.69) is 21.1 Å². The SMILES string of the molecule is C/C(=N\NC(=S)N/N=C/c1ccccc1O)[C]1[CH][CH][CH][CH]1.[CH]1[CH][CH][CH][CH]1.[Fe+2]. The molecule has 27 heavy (non-hydrogen) atoms. The van der Waals surface area contributed by atoms with Crippen LogP contribution in [0.3, 0.4) is 0 Å². The summed E-state index contributed by atoms with van der Waals surface area (Å²) in [6.07, 6.45) is 19.3. The minimum absolute atomic E-state index is 0. The number of rotatable bonds is 4. The molecular formula is C20H20FeN4OS+2. The minimum atomic E-state index is 0. The molecule has 0 unspecified atom stereocenters. The van der Waals surface area contributed by atoms with Crippen LogP contribution in [0.5, 0.6) is 5.75 Å². The van der Waals surface area contributed by atoms with Gasteiger partial charge in [-0.1, -0.05) is 12.1 Å². The molecule has 0 heterocycles. The molecule has 2 fully saturated rings. The number of aromatic hydroxyl groups is 1. The zero-order valence-electron chi connectivity index (χ0n) is 14.7. The van der Waals surface area contributed by atoms with Crippen LogP contribution >= 0.6 is 12.2 Å². The van der Waals surface area contributed by atoms with Crippen LogP contribution in [0.25, 0.3) is 0 Å². The molecule has 2 saturated carbocycles. The van der Waals surface area contributed by atoms with Crippen molar-refractivity contribution in [2.45, 2.75) is 6.92 Å². The summed E-state index contributed by atoms with van der Waals surface area (Å²) in [6, 6.07) is 6.89. The van der Waals surface area contributed by atoms with Crippen LogP contribution in [0.4, 0.5) is 0 Å². The van der Waals surface area contributed by atoms with Gasteiger partial charge in [-0.05, 0) is 89.1 Å². The Kier molecular flexibility index (Phi) is 12.0. The summed E-state index contributed by atoms with van der Waals surface area (Å²) in [4.78, 5) is 0. The first-order valence-corrected chi connectivity index (χ1v) is 8.38. The van der Waals surface area contributed by atoms with Crippen molar-refractivity contribution >= 4 is 29.3 Å². The third kappa shape index (κ3) is 9.36. The van der Waals surface area contributed by atoms with Gasteiger partial charge in [-0.3, -0.25) is 10.9 Å². The molecular weight excluding hydrogens is 400 g/mol. The Morgan fingerprint density at radius 2 is 1.56 bits per heavy atom. The van der Waals surface area contributed by atoms with E-state index in [1.807, 2.05) is 70.8 Å². The number of hydrogen-bond donors (Lipinski definition) is 3. The largest absolute Gasteiger partial charge is 2.00 e. The monoisotopic (exact) mass is 420 g/mol. The van der Waals surface area contributed by atoms with Gasteiger partial charge in [0.2, 0.25) is 5.11 Å². The van der Waals surface area contributed by atoms with E-state index in [0.717, 1.165) is 11.6 Å². The molecule has 10 radical (unpaired) electrons. The average Bonchev–Trinajstić information content (AvgIpc) is 3.37. The zero-order valence-corrected chi connectivity index (χ0v) is 16.6. The standard InChI is InChI=1S/C15H15N4OS.C5H5.Fe/c1-11(12-6-2-3-7-12)17-19-15(21)18-16-10-13-8-4-5-9-14(13)20;1-2-4-5-3-1;/h2-10,20H,1H3,(H2,18,19,21);1-5H;/q;;+2/b16-10+,17-11+;;. The van der Waals surface area contributed by atoms with Gasteiger partial charge in [0.1, 0.15) is 5.75 Å². The summed E-state index contributed by atoms with van der Waals surface area (Å²) in [5.41, 5.74) is 6.76. The molecule has 0 aromatic heterocycles. The van der Waals surface area contributed by atoms with Gasteiger partial charge < -0.3 is 5.11 Å². The quantitative estimate of drug-likeness (QED) is 0.303. The first kappa shape index (κ1) is 23.6. The fourth-order valence-corrected chi connectivity index (χ4v) is 2.02. The number of hydrazone groups is 2. The van der Waals surface area contributed by atoms with Crippen molar-refractivity contribution in [1.29, 1.82) is 0 Å². The van der Waals surface area contributed by atoms with E-state index in [-0.39, 0.29) is 27.9 Å². The Hall–Kier alpha value is -1.43. The number of hydrogen-bond acceptors (Lipinski definition) is 4. The van der Waals surface area contributed by atoms with Gasteiger partial charge in [0, 0.05) is 17.2 Å². The minimum Gasteiger partial charge on any atom is -0.507 e. The Morgan fingerprint density at radius 1 is 0.963 bits per heavy atom. The molecule has 2 aliphatic carbocycles. The molecule has 7 heteroatoms. The van der Waals surface area contributed by atoms with Gasteiger partial charge >= 0.3 is 17.1 Å². The van der Waals surface area contributed by atoms with Gasteiger partial charge in [-0.2, -0.15) is 10.2 Å². The maximum Gasteiger partial charge on any atom is 2.00 e. The summed E-state index contributed by atoms with van der Waals surface area (Å²) >= 11 is 5.04. The fraction of sp³-hybridized carbons (Fsp3) is 0.0500. The average molecular weight is 420 g/mol. The molecule has 0 aliphatic heterocycles. The molecule has 2 aliphatic rings. The van der Waals surface area contributed by atoms with Crippen LogP contribution in [-0.2, 0) is 17.1 Å². The van der Waals surface area contributed by atoms with Crippen LogP contribution in [0, 0.1) is 63.7 Å². The summed E-state index contributed by atoms with van der Waals surface area (Å²) in [7, 11) is 0.